The van der Waals surface area contributed by atoms with Crippen LogP contribution in [0, 0.1) is 11.6 Å². The van der Waals surface area contributed by atoms with Crippen molar-refractivity contribution in [2.45, 2.75) is 76.6 Å². The molecule has 2 aromatic carbocycles. The van der Waals surface area contributed by atoms with E-state index in [-0.39, 0.29) is 52.4 Å². The van der Waals surface area contributed by atoms with Gasteiger partial charge in [0, 0.05) is 46.1 Å². The number of aliphatic hydroxyl groups excluding tert-OH is 1. The fourth-order valence-corrected chi connectivity index (χ4v) is 6.53. The second-order valence-electron chi connectivity index (χ2n) is 12.5. The van der Waals surface area contributed by atoms with E-state index in [0.717, 1.165) is 23.3 Å². The second-order valence-corrected chi connectivity index (χ2v) is 12.9. The summed E-state index contributed by atoms with van der Waals surface area (Å²) in [6, 6.07) is 8.89. The number of carbonyl (C=O) groups is 3. The smallest absolute Gasteiger partial charge is 0.433 e. The lowest BCUT2D eigenvalue weighted by Crippen LogP contribution is -2.60. The Kier molecular flexibility index (Phi) is 10.8. The number of halogens is 6. The van der Waals surface area contributed by atoms with Gasteiger partial charge in [0.15, 0.2) is 11.6 Å². The molecule has 0 bridgehead atoms. The van der Waals surface area contributed by atoms with Gasteiger partial charge in [-0.2, -0.15) is 13.2 Å². The summed E-state index contributed by atoms with van der Waals surface area (Å²) in [4.78, 5) is 41.7. The highest BCUT2D eigenvalue weighted by molar-refractivity contribution is 6.31. The minimum absolute atomic E-state index is 0.0576. The third kappa shape index (κ3) is 7.60. The zero-order chi connectivity index (χ0) is 36.4. The second kappa shape index (κ2) is 14.7. The molecule has 0 radical (unpaired) electrons. The molecule has 2 amide bonds. The Labute approximate surface area is 289 Å². The number of anilines is 1. The Hall–Kier alpha value is -4.56. The van der Waals surface area contributed by atoms with E-state index in [1.165, 1.54) is 35.3 Å². The van der Waals surface area contributed by atoms with Gasteiger partial charge in [-0.1, -0.05) is 42.6 Å². The summed E-state index contributed by atoms with van der Waals surface area (Å²) in [6.45, 7) is 1.45. The first-order valence-corrected chi connectivity index (χ1v) is 16.3. The molecule has 9 nitrogen and oxygen atoms in total. The SMILES string of the molecule is C[C@]12CCCN1N(Cc1ccc(CCCCCCC(=O)[O-])c(F)c1F)C(=O)C(C(=O)Nc1ccc(Cl)cc1-c1ccc(C(F)(F)F)nc1)=C2O. The number of fused-ring (bicyclic) bond motifs is 1. The topological polar surface area (TPSA) is 126 Å². The molecule has 5 rings (SSSR count). The number of aromatic nitrogens is 1. The molecule has 0 saturated carbocycles. The van der Waals surface area contributed by atoms with Crippen LogP contribution in [0.5, 0.6) is 0 Å². The van der Waals surface area contributed by atoms with Gasteiger partial charge in [0.25, 0.3) is 11.8 Å². The van der Waals surface area contributed by atoms with Crippen molar-refractivity contribution >= 4 is 35.1 Å². The van der Waals surface area contributed by atoms with Crippen LogP contribution in [-0.2, 0) is 33.5 Å². The summed E-state index contributed by atoms with van der Waals surface area (Å²) in [5.41, 5.74) is -2.59. The van der Waals surface area contributed by atoms with E-state index in [2.05, 4.69) is 10.3 Å². The van der Waals surface area contributed by atoms with Crippen molar-refractivity contribution in [1.29, 1.82) is 0 Å². The maximum absolute atomic E-state index is 15.4. The highest BCUT2D eigenvalue weighted by Crippen LogP contribution is 2.42. The Morgan fingerprint density at radius 1 is 1.04 bits per heavy atom. The molecule has 2 aliphatic rings. The first kappa shape index (κ1) is 36.7. The van der Waals surface area contributed by atoms with Gasteiger partial charge in [-0.15, -0.1) is 0 Å². The molecule has 1 aromatic heterocycles. The molecule has 3 aromatic rings. The molecule has 266 valence electrons. The molecule has 15 heteroatoms. The number of alkyl halides is 3. The van der Waals surface area contributed by atoms with Crippen molar-refractivity contribution in [3.8, 4) is 11.1 Å². The standard InChI is InChI=1S/C35H34ClF5N4O5/c1-34-15-6-16-45(34)44(19-22-10-9-20(29(37)30(22)38)7-4-2-3-5-8-27(46)47)33(50)28(31(34)48)32(49)43-25-13-12-23(36)17-24(25)21-11-14-26(42-18-21)35(39,40)41/h9-14,17-18,48H,2-8,15-16,19H2,1H3,(H,43,49)(H,46,47)/p-1/t34-/m1/s1. The monoisotopic (exact) mass is 719 g/mol. The molecule has 2 aliphatic heterocycles. The highest BCUT2D eigenvalue weighted by atomic mass is 35.5. The fraction of sp³-hybridized carbons (Fsp3) is 0.371. The van der Waals surface area contributed by atoms with Crippen molar-refractivity contribution in [3.05, 3.63) is 93.5 Å². The van der Waals surface area contributed by atoms with Crippen LogP contribution in [-0.4, -0.2) is 50.0 Å². The number of aryl methyl sites for hydroxylation is 1. The quantitative estimate of drug-likeness (QED) is 0.124. The van der Waals surface area contributed by atoms with Crippen molar-refractivity contribution in [1.82, 2.24) is 15.0 Å². The number of nitrogens with zero attached hydrogens (tertiary/aromatic N) is 3. The van der Waals surface area contributed by atoms with Crippen LogP contribution in [0.15, 0.2) is 60.0 Å². The first-order valence-electron chi connectivity index (χ1n) is 15.9. The Bertz CT molecular complexity index is 1840. The van der Waals surface area contributed by atoms with Gasteiger partial charge in [0.1, 0.15) is 17.0 Å². The molecular formula is C35H33ClF5N4O5-. The van der Waals surface area contributed by atoms with Crippen LogP contribution >= 0.6 is 11.6 Å². The number of hydrogen-bond acceptors (Lipinski definition) is 7. The fourth-order valence-electron chi connectivity index (χ4n) is 6.36. The molecule has 0 unspecified atom stereocenters. The summed E-state index contributed by atoms with van der Waals surface area (Å²) in [5.74, 6) is -5.88. The lowest BCUT2D eigenvalue weighted by Gasteiger charge is -2.46. The number of carboxylic acid groups (broad SMARTS) is 1. The zero-order valence-corrected chi connectivity index (χ0v) is 27.6. The summed E-state index contributed by atoms with van der Waals surface area (Å²) >= 11 is 6.16. The maximum atomic E-state index is 15.4. The first-order chi connectivity index (χ1) is 23.6. The third-order valence-electron chi connectivity index (χ3n) is 9.05. The van der Waals surface area contributed by atoms with E-state index in [9.17, 15) is 37.8 Å². The van der Waals surface area contributed by atoms with Gasteiger partial charge in [0.05, 0.1) is 12.1 Å². The highest BCUT2D eigenvalue weighted by Gasteiger charge is 2.52. The summed E-state index contributed by atoms with van der Waals surface area (Å²) < 4.78 is 69.9. The summed E-state index contributed by atoms with van der Waals surface area (Å²) in [6.07, 6.45) is -0.557. The van der Waals surface area contributed by atoms with Crippen LogP contribution in [0.3, 0.4) is 0 Å². The van der Waals surface area contributed by atoms with E-state index in [1.54, 1.807) is 6.92 Å². The number of benzene rings is 2. The zero-order valence-electron chi connectivity index (χ0n) is 26.9. The number of pyridine rings is 1. The van der Waals surface area contributed by atoms with E-state index in [0.29, 0.717) is 38.5 Å². The number of aliphatic hydroxyl groups is 1. The number of hydrogen-bond donors (Lipinski definition) is 2. The molecule has 2 N–H and O–H groups in total. The summed E-state index contributed by atoms with van der Waals surface area (Å²) in [5, 5.41) is 27.3. The van der Waals surface area contributed by atoms with E-state index in [4.69, 9.17) is 11.6 Å². The number of carbonyl (C=O) groups excluding carboxylic acids is 3. The molecule has 1 saturated heterocycles. The number of hydrazine groups is 1. The molecular weight excluding hydrogens is 687 g/mol. The number of unbranched alkanes of at least 4 members (excludes halogenated alkanes) is 3. The minimum atomic E-state index is -4.67. The van der Waals surface area contributed by atoms with Gasteiger partial charge >= 0.3 is 6.18 Å². The van der Waals surface area contributed by atoms with Crippen LogP contribution < -0.4 is 10.4 Å². The molecule has 0 spiro atoms. The molecule has 50 heavy (non-hydrogen) atoms. The van der Waals surface area contributed by atoms with Gasteiger partial charge < -0.3 is 20.3 Å². The predicted molar refractivity (Wildman–Crippen MR) is 171 cm³/mol. The third-order valence-corrected chi connectivity index (χ3v) is 9.29. The van der Waals surface area contributed by atoms with E-state index in [1.807, 2.05) is 0 Å². The molecule has 3 heterocycles. The number of amides is 2. The maximum Gasteiger partial charge on any atom is 0.433 e. The van der Waals surface area contributed by atoms with Gasteiger partial charge in [-0.3, -0.25) is 19.6 Å². The average molecular weight is 720 g/mol. The van der Waals surface area contributed by atoms with Crippen molar-refractivity contribution in [2.75, 3.05) is 11.9 Å². The van der Waals surface area contributed by atoms with Gasteiger partial charge in [-0.05, 0) is 75.3 Å². The molecule has 1 atom stereocenters. The molecule has 1 fully saturated rings. The van der Waals surface area contributed by atoms with Crippen LogP contribution in [0.2, 0.25) is 5.02 Å². The Morgan fingerprint density at radius 3 is 2.42 bits per heavy atom. The Morgan fingerprint density at radius 2 is 1.74 bits per heavy atom. The van der Waals surface area contributed by atoms with E-state index >= 15 is 8.78 Å². The predicted octanol–water partition coefficient (Wildman–Crippen LogP) is 6.50. The van der Waals surface area contributed by atoms with Gasteiger partial charge in [-0.25, -0.2) is 13.8 Å². The Balaban J connectivity index is 1.38. The lowest BCUT2D eigenvalue weighted by atomic mass is 9.90. The molecule has 0 aliphatic carbocycles. The largest absolute Gasteiger partial charge is 0.550 e. The number of rotatable bonds is 12. The number of carboxylic acids is 1. The van der Waals surface area contributed by atoms with Crippen LogP contribution in [0.4, 0.5) is 27.6 Å². The van der Waals surface area contributed by atoms with Crippen molar-refractivity contribution in [3.63, 3.8) is 0 Å². The normalized spacial score (nSPS) is 18.1. The minimum Gasteiger partial charge on any atom is -0.550 e. The average Bonchev–Trinajstić information content (AvgIpc) is 3.47. The van der Waals surface area contributed by atoms with Crippen molar-refractivity contribution < 1.29 is 46.5 Å². The van der Waals surface area contributed by atoms with Gasteiger partial charge in [0.2, 0.25) is 0 Å². The van der Waals surface area contributed by atoms with E-state index < -0.39 is 64.7 Å². The van der Waals surface area contributed by atoms with Crippen LogP contribution in [0.25, 0.3) is 11.1 Å². The van der Waals surface area contributed by atoms with Crippen LogP contribution in [0.1, 0.15) is 68.7 Å². The number of nitrogens with one attached hydrogen (secondary N) is 1. The van der Waals surface area contributed by atoms with Crippen molar-refractivity contribution in [2.24, 2.45) is 0 Å². The lowest BCUT2D eigenvalue weighted by molar-refractivity contribution is -0.305. The number of aliphatic carboxylic acids is 1. The summed E-state index contributed by atoms with van der Waals surface area (Å²) in [7, 11) is 0.